The number of amides is 2. The molecule has 4 rings (SSSR count). The molecule has 0 radical (unpaired) electrons. The van der Waals surface area contributed by atoms with Gasteiger partial charge in [-0.15, -0.1) is 0 Å². The van der Waals surface area contributed by atoms with Crippen molar-refractivity contribution in [1.29, 1.82) is 0 Å². The summed E-state index contributed by atoms with van der Waals surface area (Å²) in [6.45, 7) is 11.3. The Labute approximate surface area is 191 Å². The molecule has 1 aromatic carbocycles. The third kappa shape index (κ3) is 5.18. The average molecular weight is 435 g/mol. The Balaban J connectivity index is 1.32. The van der Waals surface area contributed by atoms with Crippen LogP contribution in [0.1, 0.15) is 36.3 Å². The summed E-state index contributed by atoms with van der Waals surface area (Å²) in [7, 11) is 0. The second kappa shape index (κ2) is 9.82. The number of aryl methyl sites for hydroxylation is 1. The number of carbonyl (C=O) groups is 2. The van der Waals surface area contributed by atoms with Crippen LogP contribution in [0.15, 0.2) is 42.5 Å². The van der Waals surface area contributed by atoms with Gasteiger partial charge in [0.1, 0.15) is 0 Å². The van der Waals surface area contributed by atoms with Crippen molar-refractivity contribution in [3.05, 3.63) is 53.7 Å². The number of benzene rings is 1. The predicted octanol–water partition coefficient (Wildman–Crippen LogP) is 3.32. The Morgan fingerprint density at radius 2 is 1.56 bits per heavy atom. The van der Waals surface area contributed by atoms with E-state index in [9.17, 15) is 9.59 Å². The molecule has 2 amide bonds. The van der Waals surface area contributed by atoms with Gasteiger partial charge in [-0.2, -0.15) is 0 Å². The number of rotatable bonds is 4. The number of nitrogens with zero attached hydrogens (tertiary/aromatic N) is 4. The first kappa shape index (κ1) is 22.5. The van der Waals surface area contributed by atoms with Crippen molar-refractivity contribution in [2.45, 2.75) is 27.2 Å². The van der Waals surface area contributed by atoms with Crippen LogP contribution < -0.4 is 0 Å². The van der Waals surface area contributed by atoms with Crippen LogP contribution in [0, 0.1) is 18.8 Å². The Kier molecular flexibility index (Phi) is 6.89. The second-order valence-corrected chi connectivity index (χ2v) is 9.51. The quantitative estimate of drug-likeness (QED) is 0.741. The fourth-order valence-electron chi connectivity index (χ4n) is 4.99. The summed E-state index contributed by atoms with van der Waals surface area (Å²) in [5, 5.41) is 0. The highest BCUT2D eigenvalue weighted by atomic mass is 16.2. The summed E-state index contributed by atoms with van der Waals surface area (Å²) >= 11 is 0. The molecule has 2 aromatic rings. The van der Waals surface area contributed by atoms with E-state index in [1.165, 1.54) is 6.42 Å². The zero-order chi connectivity index (χ0) is 22.7. The van der Waals surface area contributed by atoms with Crippen molar-refractivity contribution < 1.29 is 9.59 Å². The number of carbonyl (C=O) groups excluding carboxylic acids is 2. The first-order valence-corrected chi connectivity index (χ1v) is 11.7. The Hall–Kier alpha value is -2.73. The number of hydrogen-bond acceptors (Lipinski definition) is 4. The van der Waals surface area contributed by atoms with E-state index in [0.29, 0.717) is 37.0 Å². The smallest absolute Gasteiger partial charge is 0.255 e. The van der Waals surface area contributed by atoms with E-state index < -0.39 is 0 Å². The molecule has 170 valence electrons. The van der Waals surface area contributed by atoms with Gasteiger partial charge in [-0.25, -0.2) is 0 Å². The molecular formula is C26H34N4O2. The normalized spacial score (nSPS) is 22.1. The molecule has 0 aliphatic carbocycles. The van der Waals surface area contributed by atoms with Gasteiger partial charge in [0.2, 0.25) is 5.91 Å². The zero-order valence-electron chi connectivity index (χ0n) is 19.5. The lowest BCUT2D eigenvalue weighted by Gasteiger charge is -2.38. The lowest BCUT2D eigenvalue weighted by Crippen LogP contribution is -2.53. The van der Waals surface area contributed by atoms with Gasteiger partial charge in [0, 0.05) is 44.8 Å². The first-order chi connectivity index (χ1) is 15.4. The van der Waals surface area contributed by atoms with Crippen LogP contribution in [0.3, 0.4) is 0 Å². The molecule has 2 saturated heterocycles. The van der Waals surface area contributed by atoms with Gasteiger partial charge in [0.05, 0.1) is 23.5 Å². The Bertz CT molecular complexity index is 944. The van der Waals surface area contributed by atoms with Crippen molar-refractivity contribution in [1.82, 2.24) is 19.7 Å². The molecule has 6 nitrogen and oxygen atoms in total. The van der Waals surface area contributed by atoms with E-state index in [4.69, 9.17) is 0 Å². The molecule has 0 saturated carbocycles. The second-order valence-electron chi connectivity index (χ2n) is 9.51. The monoisotopic (exact) mass is 434 g/mol. The third-order valence-electron chi connectivity index (χ3n) is 6.63. The minimum atomic E-state index is 0.0271. The SMILES string of the molecule is Cc1nc(-c2ccccc2)ccc1C(=O)N1CCN(CC(=O)N2CC(C)CC(C)C2)CC1. The van der Waals surface area contributed by atoms with Gasteiger partial charge in [-0.3, -0.25) is 19.5 Å². The number of piperazine rings is 1. The molecule has 2 aliphatic rings. The van der Waals surface area contributed by atoms with Crippen molar-refractivity contribution in [3.8, 4) is 11.3 Å². The van der Waals surface area contributed by atoms with E-state index in [1.54, 1.807) is 0 Å². The minimum Gasteiger partial charge on any atom is -0.341 e. The van der Waals surface area contributed by atoms with E-state index in [2.05, 4.69) is 23.7 Å². The number of hydrogen-bond donors (Lipinski definition) is 0. The molecule has 0 spiro atoms. The van der Waals surface area contributed by atoms with E-state index >= 15 is 0 Å². The highest BCUT2D eigenvalue weighted by Gasteiger charge is 2.29. The molecule has 2 unspecified atom stereocenters. The van der Waals surface area contributed by atoms with Crippen LogP contribution in [0.4, 0.5) is 0 Å². The summed E-state index contributed by atoms with van der Waals surface area (Å²) in [4.78, 5) is 36.7. The van der Waals surface area contributed by atoms with E-state index in [1.807, 2.05) is 59.2 Å². The maximum Gasteiger partial charge on any atom is 0.255 e. The molecule has 2 atom stereocenters. The van der Waals surface area contributed by atoms with Crippen molar-refractivity contribution in [2.24, 2.45) is 11.8 Å². The lowest BCUT2D eigenvalue weighted by molar-refractivity contribution is -0.135. The van der Waals surface area contributed by atoms with Gasteiger partial charge >= 0.3 is 0 Å². The maximum absolute atomic E-state index is 13.1. The van der Waals surface area contributed by atoms with Crippen LogP contribution in [0.2, 0.25) is 0 Å². The fourth-order valence-corrected chi connectivity index (χ4v) is 4.99. The van der Waals surface area contributed by atoms with Crippen molar-refractivity contribution in [3.63, 3.8) is 0 Å². The van der Waals surface area contributed by atoms with Crippen LogP contribution in [-0.4, -0.2) is 77.3 Å². The number of aromatic nitrogens is 1. The van der Waals surface area contributed by atoms with Crippen LogP contribution in [0.25, 0.3) is 11.3 Å². The predicted molar refractivity (Wildman–Crippen MR) is 126 cm³/mol. The standard InChI is InChI=1S/C26H34N4O2/c1-19-15-20(2)17-30(16-19)25(31)18-28-11-13-29(14-12-28)26(32)23-9-10-24(27-21(23)3)22-7-5-4-6-8-22/h4-10,19-20H,11-18H2,1-3H3. The molecule has 0 N–H and O–H groups in total. The van der Waals surface area contributed by atoms with Crippen molar-refractivity contribution in [2.75, 3.05) is 45.8 Å². The Morgan fingerprint density at radius 1 is 0.906 bits per heavy atom. The highest BCUT2D eigenvalue weighted by Crippen LogP contribution is 2.22. The molecule has 0 bridgehead atoms. The van der Waals surface area contributed by atoms with Crippen LogP contribution in [-0.2, 0) is 4.79 Å². The van der Waals surface area contributed by atoms with Gasteiger partial charge in [0.25, 0.3) is 5.91 Å². The van der Waals surface area contributed by atoms with Crippen molar-refractivity contribution >= 4 is 11.8 Å². The topological polar surface area (TPSA) is 56.8 Å². The molecule has 1 aromatic heterocycles. The fraction of sp³-hybridized carbons (Fsp3) is 0.500. The molecule has 2 fully saturated rings. The average Bonchev–Trinajstić information content (AvgIpc) is 2.79. The minimum absolute atomic E-state index is 0.0271. The lowest BCUT2D eigenvalue weighted by atomic mass is 9.92. The molecule has 2 aliphatic heterocycles. The summed E-state index contributed by atoms with van der Waals surface area (Å²) in [6, 6.07) is 13.8. The number of piperidine rings is 1. The third-order valence-corrected chi connectivity index (χ3v) is 6.63. The van der Waals surface area contributed by atoms with Gasteiger partial charge < -0.3 is 9.80 Å². The molecular weight excluding hydrogens is 400 g/mol. The summed E-state index contributed by atoms with van der Waals surface area (Å²) < 4.78 is 0. The number of likely N-dealkylation sites (tertiary alicyclic amines) is 1. The van der Waals surface area contributed by atoms with Crippen LogP contribution in [0.5, 0.6) is 0 Å². The zero-order valence-corrected chi connectivity index (χ0v) is 19.5. The van der Waals surface area contributed by atoms with Gasteiger partial charge in [-0.05, 0) is 37.3 Å². The maximum atomic E-state index is 13.1. The summed E-state index contributed by atoms with van der Waals surface area (Å²) in [6.07, 6.45) is 1.20. The highest BCUT2D eigenvalue weighted by molar-refractivity contribution is 5.95. The van der Waals surface area contributed by atoms with Gasteiger partial charge in [-0.1, -0.05) is 44.2 Å². The first-order valence-electron chi connectivity index (χ1n) is 11.7. The summed E-state index contributed by atoms with van der Waals surface area (Å²) in [5.74, 6) is 1.39. The Morgan fingerprint density at radius 3 is 2.19 bits per heavy atom. The molecule has 3 heterocycles. The summed E-state index contributed by atoms with van der Waals surface area (Å²) in [5.41, 5.74) is 3.34. The largest absolute Gasteiger partial charge is 0.341 e. The number of pyridine rings is 1. The van der Waals surface area contributed by atoms with E-state index in [0.717, 1.165) is 43.1 Å². The molecule has 32 heavy (non-hydrogen) atoms. The van der Waals surface area contributed by atoms with Crippen LogP contribution >= 0.6 is 0 Å². The van der Waals surface area contributed by atoms with Gasteiger partial charge in [0.15, 0.2) is 0 Å². The molecule has 6 heteroatoms. The van der Waals surface area contributed by atoms with E-state index in [-0.39, 0.29) is 11.8 Å².